The minimum atomic E-state index is -3.34. The van der Waals surface area contributed by atoms with Gasteiger partial charge in [-0.3, -0.25) is 4.99 Å². The van der Waals surface area contributed by atoms with E-state index in [1.54, 1.807) is 10.4 Å². The molecule has 160 valence electrons. The lowest BCUT2D eigenvalue weighted by Gasteiger charge is -2.37. The summed E-state index contributed by atoms with van der Waals surface area (Å²) in [5.74, 6) is 2.23. The summed E-state index contributed by atoms with van der Waals surface area (Å²) in [6.45, 7) is 8.50. The van der Waals surface area contributed by atoms with Gasteiger partial charge in [0.1, 0.15) is 4.21 Å². The second-order valence-corrected chi connectivity index (χ2v) is 11.3. The quantitative estimate of drug-likeness (QED) is 0.360. The predicted octanol–water partition coefficient (Wildman–Crippen LogP) is 3.59. The minimum Gasteiger partial charge on any atom is -0.351 e. The standard InChI is InChI=1S/C19H32N4O2S2.HI/c1-15-11-16(2)14-22(13-15)19(20-3)21-12-17-7-8-18(26-17)27(24,25)23-9-5-4-6-10-23;/h7-8,15-16H,4-6,9-14H2,1-3H3,(H,20,21);1H. The van der Waals surface area contributed by atoms with Crippen molar-refractivity contribution in [3.05, 3.63) is 17.0 Å². The molecule has 3 heterocycles. The first-order chi connectivity index (χ1) is 12.9. The van der Waals surface area contributed by atoms with Crippen molar-refractivity contribution >= 4 is 51.3 Å². The highest BCUT2D eigenvalue weighted by Crippen LogP contribution is 2.27. The molecule has 3 rings (SSSR count). The van der Waals surface area contributed by atoms with Crippen molar-refractivity contribution in [2.75, 3.05) is 33.2 Å². The molecule has 2 fully saturated rings. The summed E-state index contributed by atoms with van der Waals surface area (Å²) in [4.78, 5) is 7.77. The van der Waals surface area contributed by atoms with Crippen molar-refractivity contribution in [1.29, 1.82) is 0 Å². The van der Waals surface area contributed by atoms with Crippen LogP contribution >= 0.6 is 35.3 Å². The average molecular weight is 541 g/mol. The topological polar surface area (TPSA) is 65.0 Å². The molecule has 6 nitrogen and oxygen atoms in total. The molecule has 9 heteroatoms. The molecule has 0 radical (unpaired) electrons. The molecule has 0 saturated carbocycles. The summed E-state index contributed by atoms with van der Waals surface area (Å²) in [5.41, 5.74) is 0. The lowest BCUT2D eigenvalue weighted by molar-refractivity contribution is 0.208. The number of hydrogen-bond donors (Lipinski definition) is 1. The van der Waals surface area contributed by atoms with Crippen LogP contribution in [0.4, 0.5) is 0 Å². The maximum atomic E-state index is 12.8. The molecule has 1 aromatic heterocycles. The van der Waals surface area contributed by atoms with Crippen LogP contribution in [-0.2, 0) is 16.6 Å². The van der Waals surface area contributed by atoms with Gasteiger partial charge in [0.25, 0.3) is 10.0 Å². The minimum absolute atomic E-state index is 0. The Morgan fingerprint density at radius 2 is 1.82 bits per heavy atom. The monoisotopic (exact) mass is 540 g/mol. The van der Waals surface area contributed by atoms with Gasteiger partial charge in [0.15, 0.2) is 5.96 Å². The van der Waals surface area contributed by atoms with Gasteiger partial charge < -0.3 is 10.2 Å². The Bertz CT molecular complexity index is 750. The molecular weight excluding hydrogens is 507 g/mol. The highest BCUT2D eigenvalue weighted by atomic mass is 127. The van der Waals surface area contributed by atoms with Crippen molar-refractivity contribution in [1.82, 2.24) is 14.5 Å². The summed E-state index contributed by atoms with van der Waals surface area (Å²) >= 11 is 1.37. The normalized spacial score (nSPS) is 24.7. The number of thiophene rings is 1. The Kier molecular flexibility index (Phi) is 9.03. The number of aliphatic imine (C=N–C) groups is 1. The molecule has 2 atom stereocenters. The van der Waals surface area contributed by atoms with E-state index in [4.69, 9.17) is 0 Å². The smallest absolute Gasteiger partial charge is 0.252 e. The predicted molar refractivity (Wildman–Crippen MR) is 127 cm³/mol. The van der Waals surface area contributed by atoms with Crippen LogP contribution in [0.25, 0.3) is 0 Å². The fourth-order valence-electron chi connectivity index (χ4n) is 4.16. The largest absolute Gasteiger partial charge is 0.351 e. The molecular formula is C19H33IN4O2S2. The van der Waals surface area contributed by atoms with Crippen molar-refractivity contribution in [3.63, 3.8) is 0 Å². The number of sulfonamides is 1. The molecule has 0 bridgehead atoms. The van der Waals surface area contributed by atoms with E-state index in [2.05, 4.69) is 29.1 Å². The fraction of sp³-hybridized carbons (Fsp3) is 0.737. The zero-order chi connectivity index (χ0) is 19.4. The van der Waals surface area contributed by atoms with E-state index in [1.807, 2.05) is 13.1 Å². The Balaban J connectivity index is 0.00000280. The lowest BCUT2D eigenvalue weighted by Crippen LogP contribution is -2.48. The third kappa shape index (κ3) is 5.82. The zero-order valence-corrected chi connectivity index (χ0v) is 21.0. The molecule has 0 aliphatic carbocycles. The van der Waals surface area contributed by atoms with Crippen molar-refractivity contribution in [3.8, 4) is 0 Å². The molecule has 0 amide bonds. The van der Waals surface area contributed by atoms with Crippen LogP contribution in [0.15, 0.2) is 21.3 Å². The molecule has 0 spiro atoms. The second kappa shape index (κ2) is 10.6. The highest BCUT2D eigenvalue weighted by molar-refractivity contribution is 14.0. The molecule has 28 heavy (non-hydrogen) atoms. The van der Waals surface area contributed by atoms with E-state index in [-0.39, 0.29) is 24.0 Å². The number of likely N-dealkylation sites (tertiary alicyclic amines) is 1. The summed E-state index contributed by atoms with van der Waals surface area (Å²) < 4.78 is 27.7. The Morgan fingerprint density at radius 3 is 2.43 bits per heavy atom. The molecule has 0 aromatic carbocycles. The number of piperidine rings is 2. The summed E-state index contributed by atoms with van der Waals surface area (Å²) in [7, 11) is -1.52. The summed E-state index contributed by atoms with van der Waals surface area (Å²) in [6, 6.07) is 3.67. The number of guanidine groups is 1. The highest BCUT2D eigenvalue weighted by Gasteiger charge is 2.28. The van der Waals surface area contributed by atoms with Gasteiger partial charge in [-0.2, -0.15) is 4.31 Å². The molecule has 2 unspecified atom stereocenters. The first kappa shape index (κ1) is 23.9. The van der Waals surface area contributed by atoms with Gasteiger partial charge >= 0.3 is 0 Å². The first-order valence-corrected chi connectivity index (χ1v) is 12.2. The lowest BCUT2D eigenvalue weighted by atomic mass is 9.92. The SMILES string of the molecule is CN=C(NCc1ccc(S(=O)(=O)N2CCCCC2)s1)N1CC(C)CC(C)C1.I. The van der Waals surface area contributed by atoms with E-state index in [0.29, 0.717) is 35.7 Å². The molecule has 1 N–H and O–H groups in total. The molecule has 2 saturated heterocycles. The molecule has 2 aliphatic heterocycles. The van der Waals surface area contributed by atoms with Gasteiger partial charge in [-0.1, -0.05) is 20.3 Å². The average Bonchev–Trinajstić information content (AvgIpc) is 3.12. The Morgan fingerprint density at radius 1 is 1.18 bits per heavy atom. The Hall–Kier alpha value is -0.390. The van der Waals surface area contributed by atoms with Crippen molar-refractivity contribution in [2.45, 2.75) is 50.3 Å². The fourth-order valence-corrected chi connectivity index (χ4v) is 7.13. The van der Waals surface area contributed by atoms with E-state index in [9.17, 15) is 8.42 Å². The van der Waals surface area contributed by atoms with Crippen LogP contribution < -0.4 is 5.32 Å². The van der Waals surface area contributed by atoms with Gasteiger partial charge in [-0.25, -0.2) is 8.42 Å². The van der Waals surface area contributed by atoms with Crippen LogP contribution in [0.3, 0.4) is 0 Å². The van der Waals surface area contributed by atoms with Gasteiger partial charge in [0.2, 0.25) is 0 Å². The summed E-state index contributed by atoms with van der Waals surface area (Å²) in [5, 5.41) is 3.42. The second-order valence-electron chi connectivity index (χ2n) is 7.94. The van der Waals surface area contributed by atoms with Crippen LogP contribution in [-0.4, -0.2) is 56.8 Å². The van der Waals surface area contributed by atoms with E-state index < -0.39 is 10.0 Å². The van der Waals surface area contributed by atoms with Crippen LogP contribution in [0.1, 0.15) is 44.4 Å². The van der Waals surface area contributed by atoms with Crippen LogP contribution in [0, 0.1) is 11.8 Å². The summed E-state index contributed by atoms with van der Waals surface area (Å²) in [6.07, 6.45) is 4.30. The third-order valence-corrected chi connectivity index (χ3v) is 8.80. The van der Waals surface area contributed by atoms with Gasteiger partial charge in [-0.15, -0.1) is 35.3 Å². The van der Waals surface area contributed by atoms with Crippen LogP contribution in [0.2, 0.25) is 0 Å². The van der Waals surface area contributed by atoms with Crippen LogP contribution in [0.5, 0.6) is 0 Å². The third-order valence-electron chi connectivity index (χ3n) is 5.35. The maximum absolute atomic E-state index is 12.8. The number of nitrogens with zero attached hydrogens (tertiary/aromatic N) is 3. The van der Waals surface area contributed by atoms with E-state index in [1.165, 1.54) is 17.8 Å². The van der Waals surface area contributed by atoms with E-state index >= 15 is 0 Å². The number of rotatable bonds is 4. The first-order valence-electron chi connectivity index (χ1n) is 9.94. The molecule has 2 aliphatic rings. The number of nitrogens with one attached hydrogen (secondary N) is 1. The van der Waals surface area contributed by atoms with E-state index in [0.717, 1.165) is 43.2 Å². The zero-order valence-electron chi connectivity index (χ0n) is 17.1. The van der Waals surface area contributed by atoms with Gasteiger partial charge in [0, 0.05) is 38.1 Å². The van der Waals surface area contributed by atoms with Crippen molar-refractivity contribution < 1.29 is 8.42 Å². The number of halogens is 1. The van der Waals surface area contributed by atoms with Gasteiger partial charge in [-0.05, 0) is 43.2 Å². The number of hydrogen-bond acceptors (Lipinski definition) is 4. The maximum Gasteiger partial charge on any atom is 0.252 e. The van der Waals surface area contributed by atoms with Crippen molar-refractivity contribution in [2.24, 2.45) is 16.8 Å². The Labute approximate surface area is 190 Å². The molecule has 1 aromatic rings. The van der Waals surface area contributed by atoms with Gasteiger partial charge in [0.05, 0.1) is 6.54 Å².